The van der Waals surface area contributed by atoms with E-state index in [1.165, 1.54) is 6.07 Å². The van der Waals surface area contributed by atoms with E-state index in [4.69, 9.17) is 19.4 Å². The zero-order chi connectivity index (χ0) is 24.2. The molecule has 0 amide bonds. The van der Waals surface area contributed by atoms with Crippen LogP contribution in [0.25, 0.3) is 22.6 Å². The highest BCUT2D eigenvalue weighted by Crippen LogP contribution is 2.57. The third-order valence-corrected chi connectivity index (χ3v) is 8.50. The lowest BCUT2D eigenvalue weighted by atomic mass is 9.54. The molecule has 1 saturated heterocycles. The summed E-state index contributed by atoms with van der Waals surface area (Å²) in [6, 6.07) is 10.5. The predicted octanol–water partition coefficient (Wildman–Crippen LogP) is 4.83. The number of hydrogen-bond donors (Lipinski definition) is 1. The quantitative estimate of drug-likeness (QED) is 0.585. The molecule has 182 valence electrons. The first-order valence-corrected chi connectivity index (χ1v) is 12.5. The number of aromatic nitrogens is 3. The molecule has 1 aromatic carbocycles. The number of halogens is 1. The Labute approximate surface area is 204 Å². The number of pyridine rings is 1. The Bertz CT molecular complexity index is 1280. The Kier molecular flexibility index (Phi) is 5.47. The molecule has 6 rings (SSSR count). The minimum atomic E-state index is -0.507. The maximum Gasteiger partial charge on any atom is 0.171 e. The van der Waals surface area contributed by atoms with Gasteiger partial charge in [0.25, 0.3) is 0 Å². The lowest BCUT2D eigenvalue weighted by Gasteiger charge is -2.54. The minimum Gasteiger partial charge on any atom is -0.390 e. The van der Waals surface area contributed by atoms with E-state index in [1.54, 1.807) is 24.4 Å². The molecule has 7 heteroatoms. The molecule has 2 aliphatic carbocycles. The number of aliphatic hydroxyl groups excluding tert-OH is 1. The van der Waals surface area contributed by atoms with E-state index < -0.39 is 5.79 Å². The standard InChI is InChI=1S/C28H30FN3O3/c1-17-22-8-7-21-24(20-5-3-4-6-23(20)29)31-26(18-9-12-30-19(15-18)16-33)32-25(21)27(22,2)10-11-28(17)34-13-14-35-28/h3-6,9,12,15,17,22,33H,7-8,10-11,13-14,16H2,1-2H3/t17-,22-,27-/m1/s1. The molecule has 3 aromatic rings. The molecule has 1 N–H and O–H groups in total. The fourth-order valence-corrected chi connectivity index (χ4v) is 6.65. The van der Waals surface area contributed by atoms with Crippen molar-refractivity contribution in [3.8, 4) is 22.6 Å². The summed E-state index contributed by atoms with van der Waals surface area (Å²) in [4.78, 5) is 14.3. The van der Waals surface area contributed by atoms with Gasteiger partial charge in [-0.3, -0.25) is 4.98 Å². The van der Waals surface area contributed by atoms with E-state index in [1.807, 2.05) is 12.1 Å². The van der Waals surface area contributed by atoms with Crippen LogP contribution >= 0.6 is 0 Å². The third kappa shape index (κ3) is 3.51. The molecule has 0 unspecified atom stereocenters. The summed E-state index contributed by atoms with van der Waals surface area (Å²) in [7, 11) is 0. The summed E-state index contributed by atoms with van der Waals surface area (Å²) < 4.78 is 27.4. The highest BCUT2D eigenvalue weighted by molar-refractivity contribution is 5.69. The number of aliphatic hydroxyl groups is 1. The largest absolute Gasteiger partial charge is 0.390 e. The second-order valence-electron chi connectivity index (χ2n) is 10.3. The normalized spacial score (nSPS) is 27.0. The van der Waals surface area contributed by atoms with E-state index in [0.29, 0.717) is 41.9 Å². The summed E-state index contributed by atoms with van der Waals surface area (Å²) in [5.74, 6) is 0.272. The molecule has 2 aromatic heterocycles. The van der Waals surface area contributed by atoms with Crippen molar-refractivity contribution in [1.82, 2.24) is 15.0 Å². The van der Waals surface area contributed by atoms with Crippen molar-refractivity contribution in [1.29, 1.82) is 0 Å². The van der Waals surface area contributed by atoms with Gasteiger partial charge < -0.3 is 14.6 Å². The molecular formula is C28H30FN3O3. The van der Waals surface area contributed by atoms with Gasteiger partial charge in [-0.2, -0.15) is 0 Å². The molecule has 3 heterocycles. The Morgan fingerprint density at radius 2 is 1.91 bits per heavy atom. The summed E-state index contributed by atoms with van der Waals surface area (Å²) in [6.45, 7) is 5.65. The molecule has 2 fully saturated rings. The van der Waals surface area contributed by atoms with Crippen molar-refractivity contribution in [2.24, 2.45) is 11.8 Å². The van der Waals surface area contributed by atoms with Gasteiger partial charge >= 0.3 is 0 Å². The fourth-order valence-electron chi connectivity index (χ4n) is 6.65. The van der Waals surface area contributed by atoms with Crippen molar-refractivity contribution in [3.05, 3.63) is 65.4 Å². The Hall–Kier alpha value is -2.74. The molecule has 1 aliphatic heterocycles. The van der Waals surface area contributed by atoms with E-state index >= 15 is 4.39 Å². The molecule has 6 nitrogen and oxygen atoms in total. The number of hydrogen-bond acceptors (Lipinski definition) is 6. The Balaban J connectivity index is 1.54. The molecule has 3 aliphatic rings. The summed E-state index contributed by atoms with van der Waals surface area (Å²) in [6.07, 6.45) is 5.06. The first-order chi connectivity index (χ1) is 16.9. The number of fused-ring (bicyclic) bond motifs is 3. The smallest absolute Gasteiger partial charge is 0.171 e. The maximum absolute atomic E-state index is 15.1. The van der Waals surface area contributed by atoms with Crippen LogP contribution in [0.4, 0.5) is 4.39 Å². The predicted molar refractivity (Wildman–Crippen MR) is 129 cm³/mol. The van der Waals surface area contributed by atoms with Gasteiger partial charge in [0.15, 0.2) is 11.6 Å². The zero-order valence-electron chi connectivity index (χ0n) is 20.1. The number of ether oxygens (including phenoxy) is 2. The molecular weight excluding hydrogens is 445 g/mol. The fraction of sp³-hybridized carbons (Fsp3) is 0.464. The second kappa shape index (κ2) is 8.43. The van der Waals surface area contributed by atoms with Crippen LogP contribution in [-0.4, -0.2) is 39.1 Å². The van der Waals surface area contributed by atoms with Gasteiger partial charge in [0.05, 0.1) is 36.9 Å². The van der Waals surface area contributed by atoms with Crippen LogP contribution in [-0.2, 0) is 27.9 Å². The summed E-state index contributed by atoms with van der Waals surface area (Å²) in [5.41, 5.74) is 4.28. The third-order valence-electron chi connectivity index (χ3n) is 8.50. The van der Waals surface area contributed by atoms with Crippen LogP contribution < -0.4 is 0 Å². The van der Waals surface area contributed by atoms with Crippen molar-refractivity contribution in [3.63, 3.8) is 0 Å². The van der Waals surface area contributed by atoms with Crippen LogP contribution in [0, 0.1) is 17.7 Å². The monoisotopic (exact) mass is 475 g/mol. The van der Waals surface area contributed by atoms with Gasteiger partial charge in [-0.05, 0) is 49.4 Å². The van der Waals surface area contributed by atoms with Crippen LogP contribution in [0.2, 0.25) is 0 Å². The Morgan fingerprint density at radius 3 is 2.69 bits per heavy atom. The van der Waals surface area contributed by atoms with Gasteiger partial charge in [-0.1, -0.05) is 26.0 Å². The first-order valence-electron chi connectivity index (χ1n) is 12.5. The average molecular weight is 476 g/mol. The van der Waals surface area contributed by atoms with Crippen molar-refractivity contribution < 1.29 is 19.0 Å². The molecule has 35 heavy (non-hydrogen) atoms. The number of nitrogens with zero attached hydrogens (tertiary/aromatic N) is 3. The molecule has 0 radical (unpaired) electrons. The van der Waals surface area contributed by atoms with E-state index in [-0.39, 0.29) is 23.8 Å². The first kappa shape index (κ1) is 22.7. The lowest BCUT2D eigenvalue weighted by Crippen LogP contribution is -2.55. The Morgan fingerprint density at radius 1 is 1.11 bits per heavy atom. The molecule has 3 atom stereocenters. The van der Waals surface area contributed by atoms with Crippen molar-refractivity contribution in [2.75, 3.05) is 13.2 Å². The van der Waals surface area contributed by atoms with E-state index in [9.17, 15) is 5.11 Å². The summed E-state index contributed by atoms with van der Waals surface area (Å²) in [5, 5.41) is 9.62. The minimum absolute atomic E-state index is 0.168. The second-order valence-corrected chi connectivity index (χ2v) is 10.3. The van der Waals surface area contributed by atoms with Gasteiger partial charge in [0, 0.05) is 40.6 Å². The maximum atomic E-state index is 15.1. The van der Waals surface area contributed by atoms with Crippen LogP contribution in [0.3, 0.4) is 0 Å². The average Bonchev–Trinajstić information content (AvgIpc) is 3.37. The van der Waals surface area contributed by atoms with Crippen LogP contribution in [0.15, 0.2) is 42.6 Å². The van der Waals surface area contributed by atoms with E-state index in [0.717, 1.165) is 42.5 Å². The van der Waals surface area contributed by atoms with Gasteiger partial charge in [0.1, 0.15) is 5.82 Å². The molecule has 0 bridgehead atoms. The van der Waals surface area contributed by atoms with Crippen LogP contribution in [0.1, 0.15) is 50.1 Å². The number of rotatable bonds is 3. The van der Waals surface area contributed by atoms with E-state index in [2.05, 4.69) is 18.8 Å². The highest BCUT2D eigenvalue weighted by atomic mass is 19.1. The topological polar surface area (TPSA) is 77.4 Å². The van der Waals surface area contributed by atoms with Gasteiger partial charge in [-0.15, -0.1) is 0 Å². The summed E-state index contributed by atoms with van der Waals surface area (Å²) >= 11 is 0. The zero-order valence-corrected chi connectivity index (χ0v) is 20.1. The van der Waals surface area contributed by atoms with Crippen molar-refractivity contribution >= 4 is 0 Å². The van der Waals surface area contributed by atoms with Gasteiger partial charge in [0.2, 0.25) is 0 Å². The molecule has 1 saturated carbocycles. The molecule has 1 spiro atoms. The van der Waals surface area contributed by atoms with Gasteiger partial charge in [-0.25, -0.2) is 14.4 Å². The highest BCUT2D eigenvalue weighted by Gasteiger charge is 2.57. The number of benzene rings is 1. The van der Waals surface area contributed by atoms with Crippen LogP contribution in [0.5, 0.6) is 0 Å². The SMILES string of the molecule is C[C@@H]1[C@H]2CCc3c(-c4ccccc4F)nc(-c4ccnc(CO)c4)nc3[C@]2(C)CCC12OCCO2. The lowest BCUT2D eigenvalue weighted by molar-refractivity contribution is -0.234. The van der Waals surface area contributed by atoms with Crippen molar-refractivity contribution in [2.45, 2.75) is 57.3 Å².